The SMILES string of the molecule is N#CC(=C(O)COC(=O)c1cccnc1Nc1cccc(C(F)(F)F)c1)c1nc2ccccc2[nH]1. The highest BCUT2D eigenvalue weighted by Gasteiger charge is 2.30. The van der Waals surface area contributed by atoms with Crippen LogP contribution in [0.15, 0.2) is 72.6 Å². The molecule has 2 heterocycles. The summed E-state index contributed by atoms with van der Waals surface area (Å²) in [7, 11) is 0. The molecule has 0 aliphatic heterocycles. The molecule has 0 saturated carbocycles. The molecule has 35 heavy (non-hydrogen) atoms. The lowest BCUT2D eigenvalue weighted by Gasteiger charge is -2.13. The Labute approximate surface area is 196 Å². The number of halogens is 3. The van der Waals surface area contributed by atoms with Gasteiger partial charge in [0.15, 0.2) is 11.6 Å². The maximum atomic E-state index is 13.0. The van der Waals surface area contributed by atoms with Crippen molar-refractivity contribution in [3.05, 3.63) is 89.6 Å². The number of allylic oxidation sites excluding steroid dienone is 1. The van der Waals surface area contributed by atoms with Gasteiger partial charge in [0, 0.05) is 11.9 Å². The van der Waals surface area contributed by atoms with Gasteiger partial charge in [-0.05, 0) is 42.5 Å². The van der Waals surface area contributed by atoms with Crippen LogP contribution in [0.1, 0.15) is 21.7 Å². The Morgan fingerprint density at radius 3 is 2.69 bits per heavy atom. The number of para-hydroxylation sites is 2. The number of imidazole rings is 1. The van der Waals surface area contributed by atoms with E-state index in [-0.39, 0.29) is 28.5 Å². The Bertz CT molecular complexity index is 1440. The highest BCUT2D eigenvalue weighted by molar-refractivity contribution is 5.95. The van der Waals surface area contributed by atoms with Crippen molar-refractivity contribution >= 4 is 34.1 Å². The van der Waals surface area contributed by atoms with Gasteiger partial charge in [0.1, 0.15) is 29.6 Å². The summed E-state index contributed by atoms with van der Waals surface area (Å²) in [4.78, 5) is 23.8. The number of carbonyl (C=O) groups is 1. The molecule has 11 heteroatoms. The third kappa shape index (κ3) is 5.22. The lowest BCUT2D eigenvalue weighted by Crippen LogP contribution is -2.12. The Hall–Kier alpha value is -4.85. The maximum absolute atomic E-state index is 13.0. The molecule has 0 aliphatic rings. The van der Waals surface area contributed by atoms with Crippen molar-refractivity contribution in [2.24, 2.45) is 0 Å². The average Bonchev–Trinajstić information content (AvgIpc) is 3.27. The van der Waals surface area contributed by atoms with Crippen LogP contribution in [0.4, 0.5) is 24.7 Å². The van der Waals surface area contributed by atoms with Gasteiger partial charge in [0.25, 0.3) is 0 Å². The van der Waals surface area contributed by atoms with Gasteiger partial charge in [-0.25, -0.2) is 14.8 Å². The molecule has 0 bridgehead atoms. The van der Waals surface area contributed by atoms with E-state index in [1.807, 2.05) is 6.07 Å². The van der Waals surface area contributed by atoms with Gasteiger partial charge in [0.05, 0.1) is 16.6 Å². The standard InChI is InChI=1S/C24H16F3N5O3/c25-24(26,27)14-5-3-6-15(11-14)30-21-16(7-4-10-29-21)23(34)35-13-20(33)17(12-28)22-31-18-8-1-2-9-19(18)32-22/h1-11,33H,13H2,(H,29,30)(H,31,32). The van der Waals surface area contributed by atoms with Crippen molar-refractivity contribution in [1.29, 1.82) is 5.26 Å². The molecular weight excluding hydrogens is 463 g/mol. The molecular formula is C24H16F3N5O3. The first-order valence-corrected chi connectivity index (χ1v) is 10.1. The Kier molecular flexibility index (Phi) is 6.37. The van der Waals surface area contributed by atoms with Crippen LogP contribution in [-0.4, -0.2) is 32.6 Å². The van der Waals surface area contributed by atoms with E-state index in [0.29, 0.717) is 11.0 Å². The molecule has 0 fully saturated rings. The topological polar surface area (TPSA) is 124 Å². The molecule has 176 valence electrons. The first-order valence-electron chi connectivity index (χ1n) is 10.1. The second-order valence-corrected chi connectivity index (χ2v) is 7.22. The number of rotatable bonds is 6. The zero-order chi connectivity index (χ0) is 25.0. The number of esters is 1. The number of benzene rings is 2. The minimum atomic E-state index is -4.54. The van der Waals surface area contributed by atoms with Gasteiger partial charge in [-0.2, -0.15) is 18.4 Å². The fourth-order valence-corrected chi connectivity index (χ4v) is 3.19. The number of alkyl halides is 3. The van der Waals surface area contributed by atoms with Crippen molar-refractivity contribution in [3.8, 4) is 6.07 Å². The fraction of sp³-hybridized carbons (Fsp3) is 0.0833. The van der Waals surface area contributed by atoms with Gasteiger partial charge >= 0.3 is 12.1 Å². The van der Waals surface area contributed by atoms with Crippen LogP contribution in [-0.2, 0) is 10.9 Å². The molecule has 3 N–H and O–H groups in total. The Morgan fingerprint density at radius 1 is 1.14 bits per heavy atom. The quantitative estimate of drug-likeness (QED) is 0.193. The number of H-pyrrole nitrogens is 1. The molecule has 0 amide bonds. The van der Waals surface area contributed by atoms with E-state index >= 15 is 0 Å². The molecule has 0 spiro atoms. The lowest BCUT2D eigenvalue weighted by molar-refractivity contribution is -0.137. The summed E-state index contributed by atoms with van der Waals surface area (Å²) in [5.41, 5.74) is 0.142. The van der Waals surface area contributed by atoms with Crippen LogP contribution in [0.5, 0.6) is 0 Å². The van der Waals surface area contributed by atoms with Crippen molar-refractivity contribution in [2.45, 2.75) is 6.18 Å². The molecule has 4 rings (SSSR count). The summed E-state index contributed by atoms with van der Waals surface area (Å²) in [5, 5.41) is 22.5. The fourth-order valence-electron chi connectivity index (χ4n) is 3.19. The van der Waals surface area contributed by atoms with E-state index in [0.717, 1.165) is 12.1 Å². The van der Waals surface area contributed by atoms with Gasteiger partial charge < -0.3 is 20.1 Å². The van der Waals surface area contributed by atoms with Crippen molar-refractivity contribution in [2.75, 3.05) is 11.9 Å². The number of nitriles is 1. The number of ether oxygens (including phenoxy) is 1. The number of nitrogens with zero attached hydrogens (tertiary/aromatic N) is 3. The highest BCUT2D eigenvalue weighted by atomic mass is 19.4. The first kappa shape index (κ1) is 23.3. The summed E-state index contributed by atoms with van der Waals surface area (Å²) in [6, 6.07) is 16.1. The van der Waals surface area contributed by atoms with Crippen LogP contribution in [0, 0.1) is 11.3 Å². The molecule has 2 aromatic carbocycles. The van der Waals surface area contributed by atoms with E-state index < -0.39 is 30.1 Å². The van der Waals surface area contributed by atoms with Gasteiger partial charge in [-0.3, -0.25) is 0 Å². The van der Waals surface area contributed by atoms with E-state index in [4.69, 9.17) is 4.74 Å². The average molecular weight is 479 g/mol. The molecule has 2 aromatic heterocycles. The minimum absolute atomic E-state index is 0.0434. The third-order valence-electron chi connectivity index (χ3n) is 4.85. The predicted molar refractivity (Wildman–Crippen MR) is 121 cm³/mol. The number of aromatic amines is 1. The lowest BCUT2D eigenvalue weighted by atomic mass is 10.2. The van der Waals surface area contributed by atoms with E-state index in [1.54, 1.807) is 24.3 Å². The molecule has 0 aliphatic carbocycles. The predicted octanol–water partition coefficient (Wildman–Crippen LogP) is 5.37. The summed E-state index contributed by atoms with van der Waals surface area (Å²) in [6.07, 6.45) is -3.19. The number of hydrogen-bond acceptors (Lipinski definition) is 7. The molecule has 0 unspecified atom stereocenters. The number of nitrogens with one attached hydrogen (secondary N) is 2. The molecule has 0 saturated heterocycles. The van der Waals surface area contributed by atoms with Crippen molar-refractivity contribution in [1.82, 2.24) is 15.0 Å². The second-order valence-electron chi connectivity index (χ2n) is 7.22. The summed E-state index contributed by atoms with van der Waals surface area (Å²) >= 11 is 0. The maximum Gasteiger partial charge on any atom is 0.416 e. The number of hydrogen-bond donors (Lipinski definition) is 3. The monoisotopic (exact) mass is 479 g/mol. The van der Waals surface area contributed by atoms with Gasteiger partial charge in [0.2, 0.25) is 0 Å². The zero-order valence-electron chi connectivity index (χ0n) is 17.8. The second kappa shape index (κ2) is 9.56. The van der Waals surface area contributed by atoms with Crippen LogP contribution >= 0.6 is 0 Å². The largest absolute Gasteiger partial charge is 0.507 e. The van der Waals surface area contributed by atoms with Crippen LogP contribution in [0.3, 0.4) is 0 Å². The summed E-state index contributed by atoms with van der Waals surface area (Å²) in [6.45, 7) is -0.642. The smallest absolute Gasteiger partial charge is 0.416 e. The molecule has 0 radical (unpaired) electrons. The number of fused-ring (bicyclic) bond motifs is 1. The van der Waals surface area contributed by atoms with E-state index in [1.165, 1.54) is 30.5 Å². The van der Waals surface area contributed by atoms with Gasteiger partial charge in [-0.1, -0.05) is 18.2 Å². The van der Waals surface area contributed by atoms with Crippen LogP contribution < -0.4 is 5.32 Å². The minimum Gasteiger partial charge on any atom is -0.507 e. The third-order valence-corrected chi connectivity index (χ3v) is 4.85. The number of aliphatic hydroxyl groups excluding tert-OH is 1. The first-order chi connectivity index (χ1) is 16.8. The number of aromatic nitrogens is 3. The summed E-state index contributed by atoms with van der Waals surface area (Å²) in [5.74, 6) is -1.38. The van der Waals surface area contributed by atoms with Crippen molar-refractivity contribution < 1.29 is 27.8 Å². The normalized spacial score (nSPS) is 12.1. The van der Waals surface area contributed by atoms with E-state index in [2.05, 4.69) is 20.3 Å². The van der Waals surface area contributed by atoms with Crippen LogP contribution in [0.25, 0.3) is 16.6 Å². The Balaban J connectivity index is 1.52. The number of carbonyl (C=O) groups excluding carboxylic acids is 1. The molecule has 8 nitrogen and oxygen atoms in total. The van der Waals surface area contributed by atoms with E-state index in [9.17, 15) is 28.3 Å². The number of pyridine rings is 1. The number of anilines is 2. The van der Waals surface area contributed by atoms with Crippen LogP contribution in [0.2, 0.25) is 0 Å². The van der Waals surface area contributed by atoms with Crippen molar-refractivity contribution in [3.63, 3.8) is 0 Å². The number of aliphatic hydroxyl groups is 1. The highest BCUT2D eigenvalue weighted by Crippen LogP contribution is 2.31. The zero-order valence-corrected chi connectivity index (χ0v) is 17.8. The molecule has 0 atom stereocenters. The Morgan fingerprint density at radius 2 is 1.94 bits per heavy atom. The summed E-state index contributed by atoms with van der Waals surface area (Å²) < 4.78 is 44.1. The van der Waals surface area contributed by atoms with Gasteiger partial charge in [-0.15, -0.1) is 0 Å². The molecule has 4 aromatic rings.